The third kappa shape index (κ3) is 6.57. The summed E-state index contributed by atoms with van der Waals surface area (Å²) in [5.41, 5.74) is 14.7. The zero-order valence-corrected chi connectivity index (χ0v) is 32.3. The van der Waals surface area contributed by atoms with Gasteiger partial charge in [0.25, 0.3) is 0 Å². The lowest BCUT2D eigenvalue weighted by atomic mass is 9.97. The number of fused-ring (bicyclic) bond motifs is 4. The minimum Gasteiger partial charge on any atom is -0.241 e. The van der Waals surface area contributed by atoms with E-state index >= 15 is 0 Å². The Labute approximate surface area is 343 Å². The maximum atomic E-state index is 5.03. The Bertz CT molecular complexity index is 3310. The highest BCUT2D eigenvalue weighted by Crippen LogP contribution is 2.38. The monoisotopic (exact) mass is 773 g/mol. The summed E-state index contributed by atoms with van der Waals surface area (Å²) in [5.74, 6) is 1.88. The van der Waals surface area contributed by atoms with Crippen LogP contribution in [0, 0.1) is 0 Å². The molecule has 11 rings (SSSR count). The molecule has 8 heteroatoms. The first-order valence-electron chi connectivity index (χ1n) is 19.3. The Morgan fingerprint density at radius 3 is 1.39 bits per heavy atom. The van der Waals surface area contributed by atoms with Gasteiger partial charge in [-0.05, 0) is 57.6 Å². The van der Waals surface area contributed by atoms with Gasteiger partial charge in [0.1, 0.15) is 22.2 Å². The van der Waals surface area contributed by atoms with E-state index in [0.29, 0.717) is 17.5 Å². The van der Waals surface area contributed by atoms with Crippen LogP contribution in [0.25, 0.3) is 110 Å². The van der Waals surface area contributed by atoms with Gasteiger partial charge >= 0.3 is 0 Å². The number of hydrogen-bond acceptors (Lipinski definition) is 8. The van der Waals surface area contributed by atoms with Crippen molar-refractivity contribution < 1.29 is 0 Å². The summed E-state index contributed by atoms with van der Waals surface area (Å²) < 4.78 is 0.979. The topological polar surface area (TPSA) is 90.2 Å². The number of rotatable bonds is 7. The first-order valence-corrected chi connectivity index (χ1v) is 20.1. The molecule has 0 saturated heterocycles. The normalized spacial score (nSPS) is 11.4. The molecule has 0 unspecified atom stereocenters. The predicted octanol–water partition coefficient (Wildman–Crippen LogP) is 12.6. The lowest BCUT2D eigenvalue weighted by molar-refractivity contribution is 1.07. The minimum absolute atomic E-state index is 0.619. The smallest absolute Gasteiger partial charge is 0.164 e. The van der Waals surface area contributed by atoms with E-state index in [9.17, 15) is 0 Å². The first kappa shape index (κ1) is 34.4. The molecule has 0 radical (unpaired) electrons. The largest absolute Gasteiger partial charge is 0.241 e. The van der Waals surface area contributed by atoms with Crippen LogP contribution in [0.3, 0.4) is 0 Å². The molecule has 0 aliphatic rings. The lowest BCUT2D eigenvalue weighted by Gasteiger charge is -2.11. The second-order valence-corrected chi connectivity index (χ2v) is 15.2. The standard InChI is InChI=1S/C51H31N7S/c1-3-11-32(12-4-1)33-25-27-37(28-26-33)49-56-48(36-13-5-2-6-14-36)57-50(58-49)41-18-10-16-39(30-41)35-23-21-34(22-24-35)38-15-9-17-40(29-38)44-47-45(53-31-52-44)46-51(59-47)55-43-20-8-7-19-42(43)54-46/h1-31H. The van der Waals surface area contributed by atoms with Crippen LogP contribution in [0.1, 0.15) is 0 Å². The van der Waals surface area contributed by atoms with Gasteiger partial charge in [0.2, 0.25) is 0 Å². The fraction of sp³-hybridized carbons (Fsp3) is 0. The average Bonchev–Trinajstić information content (AvgIpc) is 3.69. The number of para-hydroxylation sites is 2. The number of benzene rings is 7. The molecule has 59 heavy (non-hydrogen) atoms. The van der Waals surface area contributed by atoms with Gasteiger partial charge in [0.05, 0.1) is 21.4 Å². The maximum absolute atomic E-state index is 5.03. The fourth-order valence-electron chi connectivity index (χ4n) is 7.48. The van der Waals surface area contributed by atoms with Crippen LogP contribution < -0.4 is 0 Å². The van der Waals surface area contributed by atoms with Crippen LogP contribution >= 0.6 is 11.3 Å². The van der Waals surface area contributed by atoms with E-state index in [1.54, 1.807) is 17.7 Å². The Kier molecular flexibility index (Phi) is 8.52. The van der Waals surface area contributed by atoms with Crippen LogP contribution in [0.15, 0.2) is 188 Å². The summed E-state index contributed by atoms with van der Waals surface area (Å²) in [7, 11) is 0. The highest BCUT2D eigenvalue weighted by Gasteiger charge is 2.17. The van der Waals surface area contributed by atoms with Crippen molar-refractivity contribution in [2.45, 2.75) is 0 Å². The molecule has 4 heterocycles. The van der Waals surface area contributed by atoms with Gasteiger partial charge in [-0.1, -0.05) is 158 Å². The molecule has 4 aromatic heterocycles. The Hall–Kier alpha value is -7.81. The predicted molar refractivity (Wildman–Crippen MR) is 239 cm³/mol. The summed E-state index contributed by atoms with van der Waals surface area (Å²) >= 11 is 1.59. The van der Waals surface area contributed by atoms with Crippen LogP contribution in [0.2, 0.25) is 0 Å². The molecule has 0 aliphatic heterocycles. The molecule has 11 aromatic rings. The summed E-state index contributed by atoms with van der Waals surface area (Å²) in [6, 6.07) is 62.4. The van der Waals surface area contributed by atoms with Crippen LogP contribution in [-0.4, -0.2) is 34.9 Å². The van der Waals surface area contributed by atoms with Crippen molar-refractivity contribution in [3.05, 3.63) is 188 Å². The summed E-state index contributed by atoms with van der Waals surface area (Å²) in [6.07, 6.45) is 1.62. The van der Waals surface area contributed by atoms with Crippen LogP contribution in [0.4, 0.5) is 0 Å². The summed E-state index contributed by atoms with van der Waals surface area (Å²) in [5, 5.41) is 0. The van der Waals surface area contributed by atoms with Crippen molar-refractivity contribution in [3.63, 3.8) is 0 Å². The Balaban J connectivity index is 0.910. The second kappa shape index (κ2) is 14.6. The minimum atomic E-state index is 0.619. The molecule has 0 spiro atoms. The number of thiophene rings is 1. The van der Waals surface area contributed by atoms with E-state index in [2.05, 4.69) is 126 Å². The molecule has 7 aromatic carbocycles. The van der Waals surface area contributed by atoms with Gasteiger partial charge in [-0.15, -0.1) is 11.3 Å². The molecular formula is C51H31N7S. The quantitative estimate of drug-likeness (QED) is 0.159. The molecule has 7 nitrogen and oxygen atoms in total. The van der Waals surface area contributed by atoms with Gasteiger partial charge in [0.15, 0.2) is 17.5 Å². The first-order chi connectivity index (χ1) is 29.2. The molecule has 0 atom stereocenters. The van der Waals surface area contributed by atoms with Crippen molar-refractivity contribution in [2.24, 2.45) is 0 Å². The highest BCUT2D eigenvalue weighted by molar-refractivity contribution is 7.25. The van der Waals surface area contributed by atoms with Crippen LogP contribution in [0.5, 0.6) is 0 Å². The lowest BCUT2D eigenvalue weighted by Crippen LogP contribution is -2.00. The fourth-order valence-corrected chi connectivity index (χ4v) is 8.57. The average molecular weight is 774 g/mol. The summed E-state index contributed by atoms with van der Waals surface area (Å²) in [4.78, 5) is 35.0. The molecule has 0 saturated carbocycles. The van der Waals surface area contributed by atoms with Crippen molar-refractivity contribution in [2.75, 3.05) is 0 Å². The zero-order chi connectivity index (χ0) is 39.1. The summed E-state index contributed by atoms with van der Waals surface area (Å²) in [6.45, 7) is 0. The molecule has 0 bridgehead atoms. The van der Waals surface area contributed by atoms with Crippen molar-refractivity contribution in [1.29, 1.82) is 0 Å². The second-order valence-electron chi connectivity index (χ2n) is 14.2. The molecular weight excluding hydrogens is 743 g/mol. The van der Waals surface area contributed by atoms with E-state index in [4.69, 9.17) is 29.9 Å². The number of hydrogen-bond donors (Lipinski definition) is 0. The van der Waals surface area contributed by atoms with Gasteiger partial charge in [-0.3, -0.25) is 0 Å². The van der Waals surface area contributed by atoms with Crippen molar-refractivity contribution in [3.8, 4) is 78.8 Å². The van der Waals surface area contributed by atoms with E-state index in [0.717, 1.165) is 87.4 Å². The SMILES string of the molecule is c1ccc(-c2ccc(-c3nc(-c4ccccc4)nc(-c4cccc(-c5ccc(-c6cccc(-c7ncnc8c7sc7nc9ccccc9nc78)c6)cc5)c4)n3)cc2)cc1. The highest BCUT2D eigenvalue weighted by atomic mass is 32.1. The molecule has 276 valence electrons. The molecule has 0 amide bonds. The van der Waals surface area contributed by atoms with E-state index in [-0.39, 0.29) is 0 Å². The zero-order valence-electron chi connectivity index (χ0n) is 31.4. The van der Waals surface area contributed by atoms with E-state index < -0.39 is 0 Å². The molecule has 0 fully saturated rings. The number of aromatic nitrogens is 7. The third-order valence-electron chi connectivity index (χ3n) is 10.5. The van der Waals surface area contributed by atoms with Gasteiger partial charge in [-0.2, -0.15) is 0 Å². The third-order valence-corrected chi connectivity index (χ3v) is 11.6. The number of nitrogens with zero attached hydrogens (tertiary/aromatic N) is 7. The van der Waals surface area contributed by atoms with Crippen molar-refractivity contribution in [1.82, 2.24) is 34.9 Å². The van der Waals surface area contributed by atoms with Crippen molar-refractivity contribution >= 4 is 42.9 Å². The van der Waals surface area contributed by atoms with E-state index in [1.807, 2.05) is 60.7 Å². The Morgan fingerprint density at radius 1 is 0.305 bits per heavy atom. The van der Waals surface area contributed by atoms with Gasteiger partial charge < -0.3 is 0 Å². The van der Waals surface area contributed by atoms with Gasteiger partial charge in [-0.25, -0.2) is 34.9 Å². The molecule has 0 N–H and O–H groups in total. The van der Waals surface area contributed by atoms with Gasteiger partial charge in [0, 0.05) is 22.3 Å². The molecule has 0 aliphatic carbocycles. The van der Waals surface area contributed by atoms with E-state index in [1.165, 1.54) is 5.56 Å². The van der Waals surface area contributed by atoms with Crippen LogP contribution in [-0.2, 0) is 0 Å². The maximum Gasteiger partial charge on any atom is 0.164 e. The Morgan fingerprint density at radius 2 is 0.746 bits per heavy atom.